The Balaban J connectivity index is 1.37. The van der Waals surface area contributed by atoms with Crippen molar-refractivity contribution in [2.75, 3.05) is 24.6 Å². The Morgan fingerprint density at radius 3 is 2.51 bits per heavy atom. The molecule has 3 atom stereocenters. The smallest absolute Gasteiger partial charge is 0.417 e. The lowest BCUT2D eigenvalue weighted by molar-refractivity contribution is -0.137. The second kappa shape index (κ2) is 9.47. The molecule has 2 saturated heterocycles. The highest BCUT2D eigenvalue weighted by atomic mass is 19.4. The van der Waals surface area contributed by atoms with Crippen molar-refractivity contribution in [3.63, 3.8) is 0 Å². The van der Waals surface area contributed by atoms with E-state index in [1.54, 1.807) is 24.6 Å². The zero-order valence-electron chi connectivity index (χ0n) is 24.9. The van der Waals surface area contributed by atoms with Gasteiger partial charge < -0.3 is 19.5 Å². The average molecular weight is 627 g/mol. The maximum atomic E-state index is 14.7. The molecule has 3 aliphatic rings. The fourth-order valence-corrected chi connectivity index (χ4v) is 7.51. The first-order valence-corrected chi connectivity index (χ1v) is 15.1. The quantitative estimate of drug-likeness (QED) is 0.219. The molecule has 2 bridgehead atoms. The number of aromatic nitrogens is 6. The van der Waals surface area contributed by atoms with Gasteiger partial charge in [0, 0.05) is 61.2 Å². The lowest BCUT2D eigenvalue weighted by atomic mass is 9.94. The van der Waals surface area contributed by atoms with Crippen molar-refractivity contribution in [1.29, 1.82) is 0 Å². The number of rotatable bonds is 6. The number of fused-ring (bicyclic) bond motifs is 6. The van der Waals surface area contributed by atoms with Crippen LogP contribution in [0.15, 0.2) is 24.5 Å². The molecule has 2 aliphatic heterocycles. The second-order valence-corrected chi connectivity index (χ2v) is 12.8. The molecule has 236 valence electrons. The number of alkyl halides is 5. The van der Waals surface area contributed by atoms with Gasteiger partial charge in [0.15, 0.2) is 0 Å². The predicted molar refractivity (Wildman–Crippen MR) is 159 cm³/mol. The highest BCUT2D eigenvalue weighted by Gasteiger charge is 2.70. The molecule has 0 radical (unpaired) electrons. The number of aryl methyl sites for hydroxylation is 2. The van der Waals surface area contributed by atoms with Crippen molar-refractivity contribution in [2.45, 2.75) is 63.7 Å². The van der Waals surface area contributed by atoms with E-state index in [-0.39, 0.29) is 54.4 Å². The number of hydrogen-bond donors (Lipinski definition) is 2. The van der Waals surface area contributed by atoms with Gasteiger partial charge >= 0.3 is 12.2 Å². The van der Waals surface area contributed by atoms with Gasteiger partial charge in [0.25, 0.3) is 5.92 Å². The van der Waals surface area contributed by atoms with E-state index in [4.69, 9.17) is 9.72 Å². The second-order valence-electron chi connectivity index (χ2n) is 12.8. The van der Waals surface area contributed by atoms with E-state index in [9.17, 15) is 22.0 Å². The first-order valence-electron chi connectivity index (χ1n) is 15.1. The number of H-pyrrole nitrogens is 1. The molecule has 4 aromatic heterocycles. The summed E-state index contributed by atoms with van der Waals surface area (Å²) in [5.41, 5.74) is -0.626. The van der Waals surface area contributed by atoms with Crippen LogP contribution in [0.5, 0.6) is 6.01 Å². The van der Waals surface area contributed by atoms with Gasteiger partial charge in [-0.25, -0.2) is 8.78 Å². The number of aromatic amines is 1. The molecule has 8 rings (SSSR count). The molecule has 1 saturated carbocycles. The minimum absolute atomic E-state index is 0.0388. The molecule has 0 amide bonds. The standard InChI is InChI=1S/C31H31F5N8O/c1-4-29(13-30(29,32)33)14-45-28-40-26-22(27(41-28)44-11-16-5-6-17(12-44)39-16)18-7-8-37-24(25(18)43(26)3)21-19-10-38-42-20(19)9-15(2)23(21)31(34,35)36/h7-10,16-17,39H,4-6,11-14H2,1-3H3,(H,38,42)/t16?,17?,29-/m0/s1. The van der Waals surface area contributed by atoms with E-state index in [2.05, 4.69) is 30.4 Å². The lowest BCUT2D eigenvalue weighted by Crippen LogP contribution is -2.51. The van der Waals surface area contributed by atoms with Crippen LogP contribution in [-0.4, -0.2) is 67.4 Å². The van der Waals surface area contributed by atoms with Gasteiger partial charge in [-0.15, -0.1) is 0 Å². The topological polar surface area (TPSA) is 96.8 Å². The summed E-state index contributed by atoms with van der Waals surface area (Å²) in [5, 5.41) is 12.0. The van der Waals surface area contributed by atoms with Crippen LogP contribution in [0, 0.1) is 12.3 Å². The average Bonchev–Trinajstić information content (AvgIpc) is 3.37. The van der Waals surface area contributed by atoms with Crippen LogP contribution < -0.4 is 15.0 Å². The predicted octanol–water partition coefficient (Wildman–Crippen LogP) is 6.14. The van der Waals surface area contributed by atoms with Crippen molar-refractivity contribution in [3.8, 4) is 17.3 Å². The summed E-state index contributed by atoms with van der Waals surface area (Å²) in [5.74, 6) is -2.24. The van der Waals surface area contributed by atoms with Crippen LogP contribution in [0.1, 0.15) is 43.7 Å². The van der Waals surface area contributed by atoms with Crippen molar-refractivity contribution in [1.82, 2.24) is 35.0 Å². The van der Waals surface area contributed by atoms with Gasteiger partial charge in [0.2, 0.25) is 0 Å². The molecule has 5 aromatic rings. The fourth-order valence-electron chi connectivity index (χ4n) is 7.51. The Morgan fingerprint density at radius 2 is 1.84 bits per heavy atom. The molecule has 0 spiro atoms. The maximum Gasteiger partial charge on any atom is 0.417 e. The highest BCUT2D eigenvalue weighted by molar-refractivity contribution is 6.16. The number of nitrogens with one attached hydrogen (secondary N) is 2. The summed E-state index contributed by atoms with van der Waals surface area (Å²) in [6.45, 7) is 4.23. The van der Waals surface area contributed by atoms with E-state index in [1.165, 1.54) is 25.4 Å². The van der Waals surface area contributed by atoms with Crippen LogP contribution in [0.3, 0.4) is 0 Å². The zero-order valence-corrected chi connectivity index (χ0v) is 24.9. The molecule has 2 unspecified atom stereocenters. The minimum Gasteiger partial charge on any atom is -0.463 e. The summed E-state index contributed by atoms with van der Waals surface area (Å²) in [6.07, 6.45) is 0.256. The highest BCUT2D eigenvalue weighted by Crippen LogP contribution is 2.62. The molecule has 1 aromatic carbocycles. The SMILES string of the molecule is CC[C@@]1(COc2nc(N3CC4CCC(C3)N4)c3c4ccnc(-c5c(C(F)(F)F)c(C)cc6[nH]ncc56)c4n(C)c3n2)CC1(F)F. The molecule has 6 heterocycles. The van der Waals surface area contributed by atoms with E-state index >= 15 is 0 Å². The van der Waals surface area contributed by atoms with Gasteiger partial charge in [-0.05, 0) is 43.9 Å². The van der Waals surface area contributed by atoms with Crippen LogP contribution in [0.25, 0.3) is 44.1 Å². The summed E-state index contributed by atoms with van der Waals surface area (Å²) in [4.78, 5) is 16.2. The monoisotopic (exact) mass is 626 g/mol. The Bertz CT molecular complexity index is 1990. The number of benzene rings is 1. The Labute approximate surface area is 254 Å². The largest absolute Gasteiger partial charge is 0.463 e. The third kappa shape index (κ3) is 4.20. The van der Waals surface area contributed by atoms with Crippen LogP contribution in [-0.2, 0) is 13.2 Å². The van der Waals surface area contributed by atoms with Gasteiger partial charge in [0.05, 0.1) is 39.3 Å². The third-order valence-electron chi connectivity index (χ3n) is 10.0. The van der Waals surface area contributed by atoms with Gasteiger partial charge in [-0.3, -0.25) is 10.1 Å². The number of ether oxygens (including phenoxy) is 1. The van der Waals surface area contributed by atoms with Gasteiger partial charge in [-0.1, -0.05) is 6.92 Å². The number of anilines is 1. The first-order chi connectivity index (χ1) is 21.4. The van der Waals surface area contributed by atoms with Crippen molar-refractivity contribution in [3.05, 3.63) is 35.7 Å². The number of nitrogens with zero attached hydrogens (tertiary/aromatic N) is 6. The molecule has 1 aliphatic carbocycles. The van der Waals surface area contributed by atoms with E-state index in [1.807, 2.05) is 0 Å². The Kier molecular flexibility index (Phi) is 5.98. The molecule has 45 heavy (non-hydrogen) atoms. The van der Waals surface area contributed by atoms with Crippen LogP contribution in [0.2, 0.25) is 0 Å². The third-order valence-corrected chi connectivity index (χ3v) is 10.0. The summed E-state index contributed by atoms with van der Waals surface area (Å²) in [7, 11) is 1.72. The van der Waals surface area contributed by atoms with E-state index in [0.717, 1.165) is 12.8 Å². The van der Waals surface area contributed by atoms with E-state index < -0.39 is 23.1 Å². The van der Waals surface area contributed by atoms with Crippen molar-refractivity contribution in [2.24, 2.45) is 12.5 Å². The molecule has 9 nitrogen and oxygen atoms in total. The van der Waals surface area contributed by atoms with Gasteiger partial charge in [0.1, 0.15) is 18.1 Å². The number of halogens is 5. The molecule has 14 heteroatoms. The van der Waals surface area contributed by atoms with Gasteiger partial charge in [-0.2, -0.15) is 28.2 Å². The fraction of sp³-hybridized carbons (Fsp3) is 0.484. The lowest BCUT2D eigenvalue weighted by Gasteiger charge is -2.34. The molecular weight excluding hydrogens is 595 g/mol. The van der Waals surface area contributed by atoms with Crippen molar-refractivity contribution < 1.29 is 26.7 Å². The number of piperazine rings is 1. The summed E-state index contributed by atoms with van der Waals surface area (Å²) in [6, 6.07) is 3.68. The van der Waals surface area contributed by atoms with Crippen LogP contribution in [0.4, 0.5) is 27.8 Å². The summed E-state index contributed by atoms with van der Waals surface area (Å²) >= 11 is 0. The molecular formula is C31H31F5N8O. The van der Waals surface area contributed by atoms with Crippen molar-refractivity contribution >= 4 is 38.7 Å². The number of hydrogen-bond acceptors (Lipinski definition) is 7. The zero-order chi connectivity index (χ0) is 31.5. The number of pyridine rings is 1. The first kappa shape index (κ1) is 28.4. The Hall–Kier alpha value is -4.07. The molecule has 3 fully saturated rings. The molecule has 2 N–H and O–H groups in total. The maximum absolute atomic E-state index is 14.7. The normalized spacial score (nSPS) is 24.3. The van der Waals surface area contributed by atoms with E-state index in [0.29, 0.717) is 51.7 Å². The van der Waals surface area contributed by atoms with Crippen LogP contribution >= 0.6 is 0 Å². The minimum atomic E-state index is -4.66. The Morgan fingerprint density at radius 1 is 1.11 bits per heavy atom. The summed E-state index contributed by atoms with van der Waals surface area (Å²) < 4.78 is 80.2.